The minimum atomic E-state index is -0.132. The number of aryl methyl sites for hydroxylation is 1. The number of carbonyl (C=O) groups is 1. The molecule has 0 aliphatic rings. The Balaban J connectivity index is 2.13. The highest BCUT2D eigenvalue weighted by molar-refractivity contribution is 5.92. The molecule has 2 rings (SSSR count). The van der Waals surface area contributed by atoms with Crippen LogP contribution in [0.25, 0.3) is 6.08 Å². The summed E-state index contributed by atoms with van der Waals surface area (Å²) in [6.07, 6.45) is 5.84. The van der Waals surface area contributed by atoms with E-state index in [1.165, 1.54) is 6.08 Å². The van der Waals surface area contributed by atoms with E-state index < -0.39 is 0 Å². The van der Waals surface area contributed by atoms with E-state index in [1.807, 2.05) is 38.2 Å². The Labute approximate surface area is 166 Å². The van der Waals surface area contributed by atoms with Crippen LogP contribution < -0.4 is 25.4 Å². The summed E-state index contributed by atoms with van der Waals surface area (Å²) in [6, 6.07) is 7.53. The van der Waals surface area contributed by atoms with Crippen LogP contribution >= 0.6 is 0 Å². The van der Waals surface area contributed by atoms with Crippen LogP contribution in [-0.2, 0) is 4.79 Å². The zero-order valence-corrected chi connectivity index (χ0v) is 16.8. The van der Waals surface area contributed by atoms with Crippen molar-refractivity contribution in [3.05, 3.63) is 47.7 Å². The van der Waals surface area contributed by atoms with Crippen LogP contribution in [0.2, 0.25) is 0 Å². The van der Waals surface area contributed by atoms with Gasteiger partial charge in [-0.05, 0) is 56.8 Å². The molecule has 0 spiro atoms. The molecule has 0 unspecified atom stereocenters. The molecule has 28 heavy (non-hydrogen) atoms. The molecule has 0 saturated carbocycles. The largest absolute Gasteiger partial charge is 0.493 e. The van der Waals surface area contributed by atoms with Crippen molar-refractivity contribution in [2.75, 3.05) is 39.7 Å². The lowest BCUT2D eigenvalue weighted by molar-refractivity contribution is -0.116. The van der Waals surface area contributed by atoms with Crippen LogP contribution in [0.4, 0.5) is 11.5 Å². The van der Waals surface area contributed by atoms with Crippen LogP contribution in [0.1, 0.15) is 17.5 Å². The van der Waals surface area contributed by atoms with Gasteiger partial charge in [-0.3, -0.25) is 4.79 Å². The first-order valence-electron chi connectivity index (χ1n) is 9.14. The second-order valence-corrected chi connectivity index (χ2v) is 6.18. The molecule has 0 saturated heterocycles. The Hall–Kier alpha value is -3.06. The number of rotatable bonds is 10. The molecule has 1 aromatic carbocycles. The third kappa shape index (κ3) is 5.99. The number of benzene rings is 1. The Morgan fingerprint density at radius 1 is 1.21 bits per heavy atom. The lowest BCUT2D eigenvalue weighted by Crippen LogP contribution is -2.24. The van der Waals surface area contributed by atoms with Crippen LogP contribution in [0.5, 0.6) is 11.5 Å². The summed E-state index contributed by atoms with van der Waals surface area (Å²) in [5.41, 5.74) is 2.57. The fourth-order valence-electron chi connectivity index (χ4n) is 2.72. The number of ether oxygens (including phenoxy) is 2. The molecule has 1 heterocycles. The molecule has 150 valence electrons. The predicted octanol–water partition coefficient (Wildman–Crippen LogP) is 2.89. The van der Waals surface area contributed by atoms with Gasteiger partial charge in [-0.15, -0.1) is 0 Å². The summed E-state index contributed by atoms with van der Waals surface area (Å²) >= 11 is 0. The van der Waals surface area contributed by atoms with Crippen LogP contribution in [0, 0.1) is 6.92 Å². The highest BCUT2D eigenvalue weighted by Gasteiger charge is 2.10. The van der Waals surface area contributed by atoms with E-state index in [2.05, 4.69) is 20.9 Å². The van der Waals surface area contributed by atoms with Gasteiger partial charge in [-0.2, -0.15) is 0 Å². The quantitative estimate of drug-likeness (QED) is 0.431. The van der Waals surface area contributed by atoms with E-state index in [4.69, 9.17) is 9.47 Å². The number of amides is 1. The average Bonchev–Trinajstić information content (AvgIpc) is 2.70. The van der Waals surface area contributed by atoms with Crippen molar-refractivity contribution in [2.24, 2.45) is 0 Å². The predicted molar refractivity (Wildman–Crippen MR) is 112 cm³/mol. The van der Waals surface area contributed by atoms with Gasteiger partial charge in [0, 0.05) is 36.1 Å². The van der Waals surface area contributed by atoms with Gasteiger partial charge in [-0.1, -0.05) is 0 Å². The molecule has 0 bridgehead atoms. The minimum absolute atomic E-state index is 0.132. The molecule has 3 N–H and O–H groups in total. The molecule has 0 radical (unpaired) electrons. The van der Waals surface area contributed by atoms with Crippen molar-refractivity contribution in [1.82, 2.24) is 15.6 Å². The Morgan fingerprint density at radius 2 is 2.04 bits per heavy atom. The van der Waals surface area contributed by atoms with Crippen molar-refractivity contribution < 1.29 is 14.3 Å². The summed E-state index contributed by atoms with van der Waals surface area (Å²) in [5, 5.41) is 9.19. The average molecular weight is 384 g/mol. The highest BCUT2D eigenvalue weighted by Crippen LogP contribution is 2.35. The van der Waals surface area contributed by atoms with Crippen molar-refractivity contribution in [3.63, 3.8) is 0 Å². The first kappa shape index (κ1) is 21.2. The summed E-state index contributed by atoms with van der Waals surface area (Å²) in [4.78, 5) is 16.4. The van der Waals surface area contributed by atoms with E-state index in [1.54, 1.807) is 26.5 Å². The van der Waals surface area contributed by atoms with Crippen LogP contribution in [0.3, 0.4) is 0 Å². The van der Waals surface area contributed by atoms with Gasteiger partial charge in [0.2, 0.25) is 5.91 Å². The van der Waals surface area contributed by atoms with Gasteiger partial charge in [-0.25, -0.2) is 4.98 Å². The topological polar surface area (TPSA) is 84.5 Å². The summed E-state index contributed by atoms with van der Waals surface area (Å²) < 4.78 is 10.8. The van der Waals surface area contributed by atoms with E-state index >= 15 is 0 Å². The Bertz CT molecular complexity index is 821. The molecule has 7 nitrogen and oxygen atoms in total. The molecule has 1 amide bonds. The number of hydrogen-bond acceptors (Lipinski definition) is 6. The second kappa shape index (κ2) is 10.9. The zero-order valence-electron chi connectivity index (χ0n) is 16.8. The molecular formula is C21H28N4O3. The molecule has 2 aromatic rings. The maximum Gasteiger partial charge on any atom is 0.244 e. The minimum Gasteiger partial charge on any atom is -0.493 e. The number of aromatic nitrogens is 1. The number of anilines is 2. The molecular weight excluding hydrogens is 356 g/mol. The van der Waals surface area contributed by atoms with Crippen molar-refractivity contribution >= 4 is 23.5 Å². The van der Waals surface area contributed by atoms with Gasteiger partial charge in [0.1, 0.15) is 5.82 Å². The van der Waals surface area contributed by atoms with E-state index in [0.29, 0.717) is 23.9 Å². The van der Waals surface area contributed by atoms with Crippen LogP contribution in [0.15, 0.2) is 36.5 Å². The van der Waals surface area contributed by atoms with E-state index in [9.17, 15) is 4.79 Å². The first-order chi connectivity index (χ1) is 13.6. The number of carbonyl (C=O) groups excluding carboxylic acids is 1. The zero-order chi connectivity index (χ0) is 20.4. The lowest BCUT2D eigenvalue weighted by atomic mass is 10.1. The summed E-state index contributed by atoms with van der Waals surface area (Å²) in [5.74, 6) is 1.85. The fraction of sp³-hybridized carbons (Fsp3) is 0.333. The number of nitrogens with one attached hydrogen (secondary N) is 3. The molecule has 0 aliphatic carbocycles. The third-order valence-corrected chi connectivity index (χ3v) is 4.08. The van der Waals surface area contributed by atoms with E-state index in [-0.39, 0.29) is 5.91 Å². The molecule has 0 fully saturated rings. The SMILES string of the molecule is CNCCCNC(=O)/C=C/c1cccnc1Nc1cc(C)c(OC)c(OC)c1. The van der Waals surface area contributed by atoms with Crippen molar-refractivity contribution in [3.8, 4) is 11.5 Å². The van der Waals surface area contributed by atoms with Crippen molar-refractivity contribution in [2.45, 2.75) is 13.3 Å². The third-order valence-electron chi connectivity index (χ3n) is 4.08. The fourth-order valence-corrected chi connectivity index (χ4v) is 2.72. The standard InChI is InChI=1S/C21H28N4O3/c1-15-13-17(14-18(27-3)20(15)28-4)25-21-16(7-5-11-24-21)8-9-19(26)23-12-6-10-22-2/h5,7-9,11,13-14,22H,6,10,12H2,1-4H3,(H,23,26)(H,24,25)/b9-8+. The summed E-state index contributed by atoms with van der Waals surface area (Å²) in [7, 11) is 5.10. The normalized spacial score (nSPS) is 10.7. The maximum absolute atomic E-state index is 12.0. The van der Waals surface area contributed by atoms with Crippen molar-refractivity contribution in [1.29, 1.82) is 0 Å². The number of nitrogens with zero attached hydrogens (tertiary/aromatic N) is 1. The number of pyridine rings is 1. The number of methoxy groups -OCH3 is 2. The maximum atomic E-state index is 12.0. The smallest absolute Gasteiger partial charge is 0.244 e. The lowest BCUT2D eigenvalue weighted by Gasteiger charge is -2.14. The Morgan fingerprint density at radius 3 is 2.75 bits per heavy atom. The van der Waals surface area contributed by atoms with Gasteiger partial charge in [0.25, 0.3) is 0 Å². The monoisotopic (exact) mass is 384 g/mol. The second-order valence-electron chi connectivity index (χ2n) is 6.18. The van der Waals surface area contributed by atoms with Gasteiger partial charge >= 0.3 is 0 Å². The van der Waals surface area contributed by atoms with Gasteiger partial charge < -0.3 is 25.4 Å². The van der Waals surface area contributed by atoms with E-state index in [0.717, 1.165) is 29.8 Å². The molecule has 0 aliphatic heterocycles. The highest BCUT2D eigenvalue weighted by atomic mass is 16.5. The van der Waals surface area contributed by atoms with Gasteiger partial charge in [0.05, 0.1) is 14.2 Å². The number of hydrogen-bond donors (Lipinski definition) is 3. The molecule has 1 aromatic heterocycles. The molecule has 7 heteroatoms. The first-order valence-corrected chi connectivity index (χ1v) is 9.14. The summed E-state index contributed by atoms with van der Waals surface area (Å²) in [6.45, 7) is 3.45. The van der Waals surface area contributed by atoms with Crippen LogP contribution in [-0.4, -0.2) is 45.2 Å². The molecule has 0 atom stereocenters. The Kier molecular flexibility index (Phi) is 8.30. The van der Waals surface area contributed by atoms with Gasteiger partial charge in [0.15, 0.2) is 11.5 Å².